The van der Waals surface area contributed by atoms with Gasteiger partial charge < -0.3 is 9.84 Å². The molecular formula is C11H11O4. The van der Waals surface area contributed by atoms with Crippen LogP contribution in [-0.2, 0) is 4.74 Å². The highest BCUT2D eigenvalue weighted by Gasteiger charge is 2.09. The van der Waals surface area contributed by atoms with Gasteiger partial charge >= 0.3 is 11.9 Å². The molecule has 15 heavy (non-hydrogen) atoms. The van der Waals surface area contributed by atoms with Crippen molar-refractivity contribution in [2.45, 2.75) is 6.92 Å². The van der Waals surface area contributed by atoms with Gasteiger partial charge in [0.15, 0.2) is 0 Å². The number of carboxylic acid groups (broad SMARTS) is 1. The Morgan fingerprint density at radius 2 is 2.07 bits per heavy atom. The van der Waals surface area contributed by atoms with E-state index in [1.807, 2.05) is 0 Å². The summed E-state index contributed by atoms with van der Waals surface area (Å²) in [5, 5.41) is 8.71. The van der Waals surface area contributed by atoms with Gasteiger partial charge in [0.05, 0.1) is 17.7 Å². The zero-order valence-corrected chi connectivity index (χ0v) is 8.27. The molecule has 0 saturated carbocycles. The van der Waals surface area contributed by atoms with E-state index in [-0.39, 0.29) is 17.7 Å². The standard InChI is InChI=1S/C11H11O4/c1-2-6-15-11(14)9-5-3-4-8(7-9)10(12)13/h2-5,7H,6H2,1H3,(H,12,13). The van der Waals surface area contributed by atoms with Crippen LogP contribution in [0.15, 0.2) is 24.3 Å². The first-order valence-electron chi connectivity index (χ1n) is 4.43. The van der Waals surface area contributed by atoms with E-state index in [9.17, 15) is 9.59 Å². The summed E-state index contributed by atoms with van der Waals surface area (Å²) in [7, 11) is 0. The Morgan fingerprint density at radius 1 is 1.40 bits per heavy atom. The van der Waals surface area contributed by atoms with Crippen LogP contribution in [0.5, 0.6) is 0 Å². The van der Waals surface area contributed by atoms with Crippen LogP contribution in [0.25, 0.3) is 0 Å². The molecule has 1 radical (unpaired) electrons. The van der Waals surface area contributed by atoms with Gasteiger partial charge in [-0.15, -0.1) is 0 Å². The van der Waals surface area contributed by atoms with Gasteiger partial charge in [0.1, 0.15) is 0 Å². The van der Waals surface area contributed by atoms with Crippen molar-refractivity contribution in [2.75, 3.05) is 6.61 Å². The highest BCUT2D eigenvalue weighted by atomic mass is 16.5. The van der Waals surface area contributed by atoms with Crippen LogP contribution in [-0.4, -0.2) is 23.7 Å². The number of carboxylic acids is 1. The Morgan fingerprint density at radius 3 is 2.67 bits per heavy atom. The highest BCUT2D eigenvalue weighted by Crippen LogP contribution is 2.07. The smallest absolute Gasteiger partial charge is 0.338 e. The van der Waals surface area contributed by atoms with E-state index >= 15 is 0 Å². The lowest BCUT2D eigenvalue weighted by Gasteiger charge is -2.03. The van der Waals surface area contributed by atoms with E-state index in [2.05, 4.69) is 0 Å². The molecule has 0 saturated heterocycles. The van der Waals surface area contributed by atoms with Crippen molar-refractivity contribution in [3.8, 4) is 0 Å². The van der Waals surface area contributed by atoms with Gasteiger partial charge in [0.2, 0.25) is 0 Å². The summed E-state index contributed by atoms with van der Waals surface area (Å²) in [6.45, 7) is 1.98. The third-order valence-electron chi connectivity index (χ3n) is 1.73. The van der Waals surface area contributed by atoms with E-state index in [4.69, 9.17) is 9.84 Å². The maximum atomic E-state index is 11.3. The maximum Gasteiger partial charge on any atom is 0.338 e. The first-order valence-corrected chi connectivity index (χ1v) is 4.43. The third-order valence-corrected chi connectivity index (χ3v) is 1.73. The summed E-state index contributed by atoms with van der Waals surface area (Å²) in [5.74, 6) is -1.58. The van der Waals surface area contributed by atoms with Crippen LogP contribution in [0, 0.1) is 6.42 Å². The van der Waals surface area contributed by atoms with Crippen LogP contribution >= 0.6 is 0 Å². The predicted octanol–water partition coefficient (Wildman–Crippen LogP) is 1.77. The van der Waals surface area contributed by atoms with E-state index in [1.54, 1.807) is 13.3 Å². The van der Waals surface area contributed by atoms with Gasteiger partial charge in [-0.25, -0.2) is 9.59 Å². The van der Waals surface area contributed by atoms with E-state index in [0.717, 1.165) is 0 Å². The molecule has 0 aliphatic rings. The fraction of sp³-hybridized carbons (Fsp3) is 0.182. The van der Waals surface area contributed by atoms with Gasteiger partial charge in [-0.3, -0.25) is 0 Å². The summed E-state index contributed by atoms with van der Waals surface area (Å²) >= 11 is 0. The zero-order valence-electron chi connectivity index (χ0n) is 8.27. The first-order chi connectivity index (χ1) is 7.15. The molecule has 0 fully saturated rings. The Labute approximate surface area is 87.5 Å². The second-order valence-electron chi connectivity index (χ2n) is 2.89. The van der Waals surface area contributed by atoms with Crippen molar-refractivity contribution in [3.63, 3.8) is 0 Å². The lowest BCUT2D eigenvalue weighted by Crippen LogP contribution is -2.07. The van der Waals surface area contributed by atoms with Crippen LogP contribution < -0.4 is 0 Å². The summed E-state index contributed by atoms with van der Waals surface area (Å²) in [4.78, 5) is 22.0. The average Bonchev–Trinajstić information content (AvgIpc) is 2.26. The minimum Gasteiger partial charge on any atom is -0.478 e. The van der Waals surface area contributed by atoms with Crippen molar-refractivity contribution in [1.29, 1.82) is 0 Å². The largest absolute Gasteiger partial charge is 0.478 e. The van der Waals surface area contributed by atoms with E-state index in [0.29, 0.717) is 0 Å². The number of ether oxygens (including phenoxy) is 1. The fourth-order valence-electron chi connectivity index (χ4n) is 1.02. The fourth-order valence-corrected chi connectivity index (χ4v) is 1.02. The molecule has 4 heteroatoms. The summed E-state index contributed by atoms with van der Waals surface area (Å²) in [6.07, 6.45) is 1.69. The number of carbonyl (C=O) groups is 2. The molecule has 0 aliphatic heterocycles. The molecule has 0 atom stereocenters. The van der Waals surface area contributed by atoms with Crippen LogP contribution in [0.1, 0.15) is 27.6 Å². The third kappa shape index (κ3) is 3.09. The number of hydrogen-bond donors (Lipinski definition) is 1. The molecule has 1 aromatic carbocycles. The van der Waals surface area contributed by atoms with Crippen LogP contribution in [0.3, 0.4) is 0 Å². The highest BCUT2D eigenvalue weighted by molar-refractivity contribution is 5.94. The summed E-state index contributed by atoms with van der Waals surface area (Å²) in [5.41, 5.74) is 0.321. The number of carbonyl (C=O) groups excluding carboxylic acids is 1. The number of hydrogen-bond acceptors (Lipinski definition) is 3. The SMILES string of the molecule is C[CH]COC(=O)c1cccc(C(=O)O)c1. The molecule has 0 aliphatic carbocycles. The second kappa shape index (κ2) is 5.14. The van der Waals surface area contributed by atoms with E-state index in [1.165, 1.54) is 24.3 Å². The molecular weight excluding hydrogens is 196 g/mol. The molecule has 79 valence electrons. The lowest BCUT2D eigenvalue weighted by atomic mass is 10.1. The van der Waals surface area contributed by atoms with Crippen molar-refractivity contribution in [2.24, 2.45) is 0 Å². The average molecular weight is 207 g/mol. The van der Waals surface area contributed by atoms with Crippen molar-refractivity contribution >= 4 is 11.9 Å². The Hall–Kier alpha value is -1.84. The molecule has 4 nitrogen and oxygen atoms in total. The van der Waals surface area contributed by atoms with E-state index < -0.39 is 11.9 Å². The maximum absolute atomic E-state index is 11.3. The molecule has 0 bridgehead atoms. The normalized spacial score (nSPS) is 9.67. The second-order valence-corrected chi connectivity index (χ2v) is 2.89. The van der Waals surface area contributed by atoms with Crippen molar-refractivity contribution in [3.05, 3.63) is 41.8 Å². The molecule has 0 heterocycles. The quantitative estimate of drug-likeness (QED) is 0.764. The predicted molar refractivity (Wildman–Crippen MR) is 53.7 cm³/mol. The van der Waals surface area contributed by atoms with Gasteiger partial charge in [0, 0.05) is 0 Å². The van der Waals surface area contributed by atoms with Crippen LogP contribution in [0.2, 0.25) is 0 Å². The Kier molecular flexibility index (Phi) is 3.85. The molecule has 0 aromatic heterocycles. The molecule has 0 spiro atoms. The lowest BCUT2D eigenvalue weighted by molar-refractivity contribution is 0.0537. The number of aromatic carboxylic acids is 1. The molecule has 0 unspecified atom stereocenters. The summed E-state index contributed by atoms with van der Waals surface area (Å²) < 4.78 is 4.82. The monoisotopic (exact) mass is 207 g/mol. The molecule has 1 N–H and O–H groups in total. The van der Waals surface area contributed by atoms with Gasteiger partial charge in [-0.1, -0.05) is 13.0 Å². The number of esters is 1. The molecule has 0 amide bonds. The number of rotatable bonds is 4. The topological polar surface area (TPSA) is 63.6 Å². The van der Waals surface area contributed by atoms with Gasteiger partial charge in [0.25, 0.3) is 0 Å². The number of benzene rings is 1. The van der Waals surface area contributed by atoms with Crippen molar-refractivity contribution < 1.29 is 19.4 Å². The summed E-state index contributed by atoms with van der Waals surface area (Å²) in [6, 6.07) is 5.74. The molecule has 1 rings (SSSR count). The first kappa shape index (κ1) is 11.2. The van der Waals surface area contributed by atoms with Gasteiger partial charge in [-0.2, -0.15) is 0 Å². The molecule has 1 aromatic rings. The Bertz CT molecular complexity index is 371. The van der Waals surface area contributed by atoms with Gasteiger partial charge in [-0.05, 0) is 24.6 Å². The van der Waals surface area contributed by atoms with Crippen molar-refractivity contribution in [1.82, 2.24) is 0 Å². The minimum atomic E-state index is -1.06. The van der Waals surface area contributed by atoms with Crippen LogP contribution in [0.4, 0.5) is 0 Å². The zero-order chi connectivity index (χ0) is 11.3. The minimum absolute atomic E-state index is 0.0740. The Balaban J connectivity index is 2.81.